The van der Waals surface area contributed by atoms with Crippen molar-refractivity contribution in [1.82, 2.24) is 0 Å². The van der Waals surface area contributed by atoms with Gasteiger partial charge in [0.15, 0.2) is 17.7 Å². The number of hydrogen-bond acceptors (Lipinski definition) is 4. The summed E-state index contributed by atoms with van der Waals surface area (Å²) in [4.78, 5) is 8.78. The van der Waals surface area contributed by atoms with E-state index in [9.17, 15) is 13.2 Å². The average Bonchev–Trinajstić information content (AvgIpc) is 3.42. The fourth-order valence-electron chi connectivity index (χ4n) is 4.05. The van der Waals surface area contributed by atoms with Crippen LogP contribution < -0.4 is 19.1 Å². The van der Waals surface area contributed by atoms with Crippen molar-refractivity contribution in [3.63, 3.8) is 0 Å². The maximum Gasteiger partial charge on any atom is 0.430 e. The summed E-state index contributed by atoms with van der Waals surface area (Å²) in [5, 5.41) is 11.3. The lowest BCUT2D eigenvalue weighted by molar-refractivity contribution is -0.592. The zero-order chi connectivity index (χ0) is 23.9. The fourth-order valence-corrected chi connectivity index (χ4v) is 4.05. The summed E-state index contributed by atoms with van der Waals surface area (Å²) >= 11 is 0. The van der Waals surface area contributed by atoms with Crippen LogP contribution in [-0.4, -0.2) is 18.9 Å². The van der Waals surface area contributed by atoms with E-state index in [1.807, 2.05) is 12.1 Å². The Morgan fingerprint density at radius 2 is 1.65 bits per heavy atom. The lowest BCUT2D eigenvalue weighted by Crippen LogP contribution is -2.37. The van der Waals surface area contributed by atoms with Crippen LogP contribution in [-0.2, 0) is 4.79 Å². The molecule has 3 aromatic carbocycles. The number of rotatable bonds is 1. The van der Waals surface area contributed by atoms with Crippen molar-refractivity contribution in [3.8, 4) is 17.2 Å². The maximum absolute atomic E-state index is 10.5. The number of para-hydroxylation sites is 1. The first-order chi connectivity index (χ1) is 16.3. The van der Waals surface area contributed by atoms with Crippen LogP contribution in [0, 0.1) is 0 Å². The number of fused-ring (bicyclic) bond motifs is 6. The molecule has 4 aromatic rings. The lowest BCUT2D eigenvalue weighted by atomic mass is 9.98. The molecule has 0 N–H and O–H groups in total. The number of halogens is 3. The van der Waals surface area contributed by atoms with Crippen LogP contribution in [0.2, 0.25) is 0 Å². The van der Waals surface area contributed by atoms with Gasteiger partial charge in [0.05, 0.1) is 16.5 Å². The topological polar surface area (TPSA) is 62.5 Å². The van der Waals surface area contributed by atoms with E-state index in [4.69, 9.17) is 19.4 Å². The highest BCUT2D eigenvalue weighted by Gasteiger charge is 2.33. The number of nitrogens with zero attached hydrogens (tertiary/aromatic N) is 1. The smallest absolute Gasteiger partial charge is 0.430 e. The molecule has 5 nitrogen and oxygen atoms in total. The zero-order valence-corrected chi connectivity index (χ0v) is 17.5. The van der Waals surface area contributed by atoms with Crippen molar-refractivity contribution >= 4 is 28.4 Å². The van der Waals surface area contributed by atoms with Crippen molar-refractivity contribution in [1.29, 1.82) is 0 Å². The quantitative estimate of drug-likeness (QED) is 0.352. The first-order valence-electron chi connectivity index (χ1n) is 10.3. The lowest BCUT2D eigenvalue weighted by Gasteiger charge is -2.03. The van der Waals surface area contributed by atoms with Gasteiger partial charge in [0.25, 0.3) is 0 Å². The molecular weight excluding hydrogens is 447 g/mol. The predicted octanol–water partition coefficient (Wildman–Crippen LogP) is 4.05. The molecule has 6 rings (SSSR count). The van der Waals surface area contributed by atoms with Gasteiger partial charge in [0.2, 0.25) is 18.2 Å². The maximum atomic E-state index is 10.5. The Hall–Kier alpha value is -4.33. The van der Waals surface area contributed by atoms with Crippen LogP contribution in [0.1, 0.15) is 16.8 Å². The molecular formula is C26H16F3NO4. The Labute approximate surface area is 191 Å². The SMILES string of the molecule is C(=C1/c2ccccc2-[n+]2ccc3ccccc3c21)/c1ccc2c(c1)OCO2.O=C([O-])C(F)(F)F. The third-order valence-corrected chi connectivity index (χ3v) is 5.51. The minimum absolute atomic E-state index is 0.293. The van der Waals surface area contributed by atoms with Gasteiger partial charge in [-0.1, -0.05) is 36.4 Å². The molecule has 0 atom stereocenters. The number of aromatic nitrogens is 1. The van der Waals surface area contributed by atoms with Crippen molar-refractivity contribution < 1.29 is 37.1 Å². The number of aliphatic carboxylic acids is 1. The molecule has 0 saturated heterocycles. The first kappa shape index (κ1) is 21.5. The number of alkyl halides is 3. The molecule has 170 valence electrons. The summed E-state index contributed by atoms with van der Waals surface area (Å²) in [6.45, 7) is 0.293. The Morgan fingerprint density at radius 3 is 2.44 bits per heavy atom. The van der Waals surface area contributed by atoms with Gasteiger partial charge in [0.1, 0.15) is 5.97 Å². The molecule has 0 radical (unpaired) electrons. The van der Waals surface area contributed by atoms with Crippen molar-refractivity contribution in [2.45, 2.75) is 6.18 Å². The highest BCUT2D eigenvalue weighted by Crippen LogP contribution is 2.38. The van der Waals surface area contributed by atoms with Gasteiger partial charge in [-0.2, -0.15) is 17.7 Å². The Bertz CT molecular complexity index is 1460. The number of pyridine rings is 1. The molecule has 8 heteroatoms. The van der Waals surface area contributed by atoms with E-state index in [-0.39, 0.29) is 0 Å². The third-order valence-electron chi connectivity index (χ3n) is 5.51. The van der Waals surface area contributed by atoms with Crippen LogP contribution in [0.4, 0.5) is 13.2 Å². The number of carbonyl (C=O) groups is 1. The highest BCUT2D eigenvalue weighted by molar-refractivity contribution is 6.02. The Morgan fingerprint density at radius 1 is 0.941 bits per heavy atom. The van der Waals surface area contributed by atoms with E-state index >= 15 is 0 Å². The van der Waals surface area contributed by atoms with Gasteiger partial charge in [-0.25, -0.2) is 0 Å². The summed E-state index contributed by atoms with van der Waals surface area (Å²) in [7, 11) is 0. The number of ether oxygens (including phenoxy) is 2. The van der Waals surface area contributed by atoms with Crippen LogP contribution in [0.3, 0.4) is 0 Å². The molecule has 0 unspecified atom stereocenters. The van der Waals surface area contributed by atoms with E-state index in [0.717, 1.165) is 17.1 Å². The third kappa shape index (κ3) is 3.83. The molecule has 1 aromatic heterocycles. The number of benzene rings is 3. The minimum Gasteiger partial charge on any atom is -0.542 e. The second kappa shape index (κ2) is 8.22. The average molecular weight is 463 g/mol. The summed E-state index contributed by atoms with van der Waals surface area (Å²) in [6.07, 6.45) is -0.789. The second-order valence-electron chi connectivity index (χ2n) is 7.59. The molecule has 0 amide bonds. The zero-order valence-electron chi connectivity index (χ0n) is 17.5. The van der Waals surface area contributed by atoms with E-state index < -0.39 is 12.1 Å². The van der Waals surface area contributed by atoms with E-state index in [1.54, 1.807) is 0 Å². The normalized spacial score (nSPS) is 14.4. The predicted molar refractivity (Wildman–Crippen MR) is 116 cm³/mol. The van der Waals surface area contributed by atoms with Gasteiger partial charge in [-0.3, -0.25) is 0 Å². The first-order valence-corrected chi connectivity index (χ1v) is 10.3. The molecule has 3 heterocycles. The van der Waals surface area contributed by atoms with Gasteiger partial charge in [0, 0.05) is 12.1 Å². The van der Waals surface area contributed by atoms with Crippen LogP contribution >= 0.6 is 0 Å². The van der Waals surface area contributed by atoms with Gasteiger partial charge >= 0.3 is 6.18 Å². The molecule has 0 bridgehead atoms. The molecule has 34 heavy (non-hydrogen) atoms. The van der Waals surface area contributed by atoms with Crippen LogP contribution in [0.25, 0.3) is 28.1 Å². The van der Waals surface area contributed by atoms with Crippen LogP contribution in [0.15, 0.2) is 79.0 Å². The monoisotopic (exact) mass is 463 g/mol. The van der Waals surface area contributed by atoms with Gasteiger partial charge < -0.3 is 19.4 Å². The number of hydrogen-bond donors (Lipinski definition) is 0. The summed E-state index contributed by atoms with van der Waals surface area (Å²) in [5.41, 5.74) is 6.01. The van der Waals surface area contributed by atoms with E-state index in [1.165, 1.54) is 33.3 Å². The minimum atomic E-state index is -5.19. The van der Waals surface area contributed by atoms with Gasteiger partial charge in [-0.15, -0.1) is 0 Å². The van der Waals surface area contributed by atoms with Crippen LogP contribution in [0.5, 0.6) is 11.5 Å². The number of carbonyl (C=O) groups excluding carboxylic acids is 1. The molecule has 0 saturated carbocycles. The summed E-state index contributed by atoms with van der Waals surface area (Å²) in [5.74, 6) is -1.39. The largest absolute Gasteiger partial charge is 0.542 e. The fraction of sp³-hybridized carbons (Fsp3) is 0.0769. The number of carboxylic acids is 1. The standard InChI is InChI=1S/C24H16NO2.C2HF3O2/c1-2-6-18-17(5-1)11-12-25-21-8-4-3-7-19(21)20(24(18)25)13-16-9-10-22-23(14-16)27-15-26-22;3-2(4,5)1(6)7/h1-14H,15H2;(H,6,7)/q+1;/p-1/b20-13+;. The Balaban J connectivity index is 0.000000304. The van der Waals surface area contributed by atoms with E-state index in [2.05, 4.69) is 77.5 Å². The van der Waals surface area contributed by atoms with Crippen molar-refractivity contribution in [2.24, 2.45) is 0 Å². The highest BCUT2D eigenvalue weighted by atomic mass is 19.4. The molecule has 0 aliphatic carbocycles. The van der Waals surface area contributed by atoms with Crippen molar-refractivity contribution in [2.75, 3.05) is 6.79 Å². The summed E-state index contributed by atoms with van der Waals surface area (Å²) < 4.78 is 44.8. The Kier molecular flexibility index (Phi) is 5.20. The van der Waals surface area contributed by atoms with Gasteiger partial charge in [-0.05, 0) is 41.3 Å². The molecule has 2 aliphatic heterocycles. The van der Waals surface area contributed by atoms with E-state index in [0.29, 0.717) is 6.79 Å². The van der Waals surface area contributed by atoms with Crippen molar-refractivity contribution in [3.05, 3.63) is 95.8 Å². The summed E-state index contributed by atoms with van der Waals surface area (Å²) in [6, 6.07) is 25.4. The molecule has 0 spiro atoms. The number of carboxylic acid groups (broad SMARTS) is 1. The molecule has 2 aliphatic rings. The molecule has 0 fully saturated rings. The second-order valence-corrected chi connectivity index (χ2v) is 7.59.